The van der Waals surface area contributed by atoms with Crippen LogP contribution in [0.5, 0.6) is 0 Å². The van der Waals surface area contributed by atoms with Crippen LogP contribution in [0.15, 0.2) is 16.5 Å². The molecule has 1 aliphatic carbocycles. The summed E-state index contributed by atoms with van der Waals surface area (Å²) >= 11 is 0. The van der Waals surface area contributed by atoms with Crippen molar-refractivity contribution in [2.24, 2.45) is 5.92 Å². The van der Waals surface area contributed by atoms with Gasteiger partial charge in [-0.15, -0.1) is 0 Å². The van der Waals surface area contributed by atoms with Crippen molar-refractivity contribution < 1.29 is 14.3 Å². The molecule has 3 nitrogen and oxygen atoms in total. The molecular formula is C10H12O3. The molecule has 1 fully saturated rings. The number of furan rings is 1. The first-order valence-corrected chi connectivity index (χ1v) is 4.47. The molecule has 1 N–H and O–H groups in total. The lowest BCUT2D eigenvalue weighted by Gasteiger charge is -2.06. The predicted molar refractivity (Wildman–Crippen MR) is 46.5 cm³/mol. The average Bonchev–Trinajstić information content (AvgIpc) is 2.76. The molecular weight excluding hydrogens is 168 g/mol. The number of carbonyl (C=O) groups is 1. The fraction of sp³-hybridized carbons (Fsp3) is 0.500. The van der Waals surface area contributed by atoms with E-state index in [0.717, 1.165) is 18.6 Å². The van der Waals surface area contributed by atoms with Crippen LogP contribution in [0.1, 0.15) is 30.3 Å². The van der Waals surface area contributed by atoms with Gasteiger partial charge < -0.3 is 9.52 Å². The maximum Gasteiger partial charge on any atom is 0.314 e. The zero-order chi connectivity index (χ0) is 9.42. The first-order chi connectivity index (χ1) is 6.18. The molecule has 1 saturated carbocycles. The summed E-state index contributed by atoms with van der Waals surface area (Å²) in [6.45, 7) is 1.83. The van der Waals surface area contributed by atoms with E-state index in [1.54, 1.807) is 6.07 Å². The molecule has 1 heterocycles. The molecule has 1 atom stereocenters. The Hall–Kier alpha value is -1.25. The molecule has 1 aromatic heterocycles. The molecule has 70 valence electrons. The number of carboxylic acids is 1. The van der Waals surface area contributed by atoms with Crippen LogP contribution in [-0.2, 0) is 4.79 Å². The molecule has 0 aromatic carbocycles. The van der Waals surface area contributed by atoms with E-state index in [-0.39, 0.29) is 0 Å². The van der Waals surface area contributed by atoms with Crippen molar-refractivity contribution in [1.29, 1.82) is 0 Å². The van der Waals surface area contributed by atoms with Crippen molar-refractivity contribution in [2.75, 3.05) is 0 Å². The third kappa shape index (κ3) is 1.59. The molecule has 1 aliphatic rings. The highest BCUT2D eigenvalue weighted by Crippen LogP contribution is 2.43. The largest absolute Gasteiger partial charge is 0.481 e. The Bertz CT molecular complexity index is 323. The van der Waals surface area contributed by atoms with Gasteiger partial charge in [-0.1, -0.05) is 0 Å². The molecule has 1 aromatic rings. The molecule has 0 bridgehead atoms. The summed E-state index contributed by atoms with van der Waals surface area (Å²) in [6.07, 6.45) is 2.02. The van der Waals surface area contributed by atoms with Crippen LogP contribution < -0.4 is 0 Å². The molecule has 13 heavy (non-hydrogen) atoms. The third-order valence-electron chi connectivity index (χ3n) is 2.43. The molecule has 0 spiro atoms. The second-order valence-corrected chi connectivity index (χ2v) is 3.60. The Morgan fingerprint density at radius 1 is 1.62 bits per heavy atom. The number of aryl methyl sites for hydroxylation is 1. The van der Waals surface area contributed by atoms with Gasteiger partial charge in [0.25, 0.3) is 0 Å². The highest BCUT2D eigenvalue weighted by atomic mass is 16.4. The first kappa shape index (κ1) is 8.35. The zero-order valence-corrected chi connectivity index (χ0v) is 7.49. The van der Waals surface area contributed by atoms with E-state index >= 15 is 0 Å². The lowest BCUT2D eigenvalue weighted by Crippen LogP contribution is -2.12. The van der Waals surface area contributed by atoms with Gasteiger partial charge >= 0.3 is 5.97 Å². The molecule has 1 unspecified atom stereocenters. The van der Waals surface area contributed by atoms with Crippen LogP contribution in [0.4, 0.5) is 0 Å². The van der Waals surface area contributed by atoms with Gasteiger partial charge in [0.05, 0.1) is 0 Å². The van der Waals surface area contributed by atoms with Gasteiger partial charge in [0.1, 0.15) is 17.4 Å². The molecule has 2 rings (SSSR count). The predicted octanol–water partition coefficient (Wildman–Crippen LogP) is 2.17. The van der Waals surface area contributed by atoms with E-state index in [1.807, 2.05) is 13.0 Å². The molecule has 3 heteroatoms. The van der Waals surface area contributed by atoms with Crippen LogP contribution >= 0.6 is 0 Å². The summed E-state index contributed by atoms with van der Waals surface area (Å²) in [5.74, 6) is 0.489. The summed E-state index contributed by atoms with van der Waals surface area (Å²) in [5.41, 5.74) is 0. The zero-order valence-electron chi connectivity index (χ0n) is 7.49. The summed E-state index contributed by atoms with van der Waals surface area (Å²) < 4.78 is 5.33. The van der Waals surface area contributed by atoms with Gasteiger partial charge in [-0.05, 0) is 37.8 Å². The fourth-order valence-corrected chi connectivity index (χ4v) is 1.61. The smallest absolute Gasteiger partial charge is 0.314 e. The van der Waals surface area contributed by atoms with E-state index < -0.39 is 11.9 Å². The summed E-state index contributed by atoms with van der Waals surface area (Å²) in [6, 6.07) is 3.58. The van der Waals surface area contributed by atoms with Gasteiger partial charge in [0.2, 0.25) is 0 Å². The number of hydrogen-bond donors (Lipinski definition) is 1. The molecule has 0 aliphatic heterocycles. The van der Waals surface area contributed by atoms with Crippen molar-refractivity contribution in [2.45, 2.75) is 25.7 Å². The molecule has 0 saturated heterocycles. The van der Waals surface area contributed by atoms with Crippen molar-refractivity contribution in [3.63, 3.8) is 0 Å². The number of aliphatic carboxylic acids is 1. The van der Waals surface area contributed by atoms with Gasteiger partial charge in [-0.25, -0.2) is 0 Å². The minimum atomic E-state index is -0.767. The SMILES string of the molecule is Cc1ccc(C(C(=O)O)C2CC2)o1. The number of hydrogen-bond acceptors (Lipinski definition) is 2. The quantitative estimate of drug-likeness (QED) is 0.775. The standard InChI is InChI=1S/C10H12O3/c1-6-2-5-8(13-6)9(10(11)12)7-3-4-7/h2,5,7,9H,3-4H2,1H3,(H,11,12). The van der Waals surface area contributed by atoms with E-state index in [4.69, 9.17) is 9.52 Å². The van der Waals surface area contributed by atoms with Crippen LogP contribution in [0.2, 0.25) is 0 Å². The maximum atomic E-state index is 10.9. The van der Waals surface area contributed by atoms with Crippen molar-refractivity contribution >= 4 is 5.97 Å². The highest BCUT2D eigenvalue weighted by Gasteiger charge is 2.39. The van der Waals surface area contributed by atoms with Crippen LogP contribution in [0.25, 0.3) is 0 Å². The Balaban J connectivity index is 2.24. The highest BCUT2D eigenvalue weighted by molar-refractivity contribution is 5.76. The van der Waals surface area contributed by atoms with Crippen LogP contribution in [0, 0.1) is 12.8 Å². The first-order valence-electron chi connectivity index (χ1n) is 4.47. The normalized spacial score (nSPS) is 18.5. The average molecular weight is 180 g/mol. The Labute approximate surface area is 76.4 Å². The van der Waals surface area contributed by atoms with Gasteiger partial charge in [-0.3, -0.25) is 4.79 Å². The Kier molecular flexibility index (Phi) is 1.87. The number of carboxylic acid groups (broad SMARTS) is 1. The minimum Gasteiger partial charge on any atom is -0.481 e. The van der Waals surface area contributed by atoms with Crippen LogP contribution in [0.3, 0.4) is 0 Å². The van der Waals surface area contributed by atoms with E-state index in [0.29, 0.717) is 11.7 Å². The Morgan fingerprint density at radius 3 is 2.69 bits per heavy atom. The van der Waals surface area contributed by atoms with Gasteiger partial charge in [0, 0.05) is 0 Å². The van der Waals surface area contributed by atoms with E-state index in [9.17, 15) is 4.79 Å². The lowest BCUT2D eigenvalue weighted by atomic mass is 10.0. The van der Waals surface area contributed by atoms with Crippen molar-refractivity contribution in [3.05, 3.63) is 23.7 Å². The Morgan fingerprint density at radius 2 is 2.31 bits per heavy atom. The molecule has 0 radical (unpaired) electrons. The number of rotatable bonds is 3. The summed E-state index contributed by atoms with van der Waals surface area (Å²) in [4.78, 5) is 10.9. The summed E-state index contributed by atoms with van der Waals surface area (Å²) in [5, 5.41) is 8.99. The summed E-state index contributed by atoms with van der Waals surface area (Å²) in [7, 11) is 0. The monoisotopic (exact) mass is 180 g/mol. The van der Waals surface area contributed by atoms with Crippen molar-refractivity contribution in [1.82, 2.24) is 0 Å². The lowest BCUT2D eigenvalue weighted by molar-refractivity contribution is -0.139. The minimum absolute atomic E-state index is 0.294. The van der Waals surface area contributed by atoms with E-state index in [2.05, 4.69) is 0 Å². The fourth-order valence-electron chi connectivity index (χ4n) is 1.61. The second-order valence-electron chi connectivity index (χ2n) is 3.60. The van der Waals surface area contributed by atoms with E-state index in [1.165, 1.54) is 0 Å². The van der Waals surface area contributed by atoms with Gasteiger partial charge in [0.15, 0.2) is 0 Å². The van der Waals surface area contributed by atoms with Crippen molar-refractivity contribution in [3.8, 4) is 0 Å². The van der Waals surface area contributed by atoms with Gasteiger partial charge in [-0.2, -0.15) is 0 Å². The third-order valence-corrected chi connectivity index (χ3v) is 2.43. The maximum absolute atomic E-state index is 10.9. The topological polar surface area (TPSA) is 50.4 Å². The molecule has 0 amide bonds. The van der Waals surface area contributed by atoms with Crippen LogP contribution in [-0.4, -0.2) is 11.1 Å². The second kappa shape index (κ2) is 2.91.